The number of ether oxygens (including phenoxy) is 2. The van der Waals surface area contributed by atoms with E-state index in [-0.39, 0.29) is 17.6 Å². The highest BCUT2D eigenvalue weighted by atomic mass is 16.6. The van der Waals surface area contributed by atoms with E-state index >= 15 is 0 Å². The Balaban J connectivity index is 1.92. The van der Waals surface area contributed by atoms with Crippen molar-refractivity contribution in [2.75, 3.05) is 14.2 Å². The van der Waals surface area contributed by atoms with Crippen LogP contribution in [-0.2, 0) is 4.79 Å². The molecule has 8 nitrogen and oxygen atoms in total. The molecule has 27 heavy (non-hydrogen) atoms. The van der Waals surface area contributed by atoms with E-state index in [2.05, 4.69) is 5.10 Å². The Morgan fingerprint density at radius 3 is 2.37 bits per heavy atom. The minimum absolute atomic E-state index is 0.0113. The maximum absolute atomic E-state index is 12.1. The molecule has 1 aliphatic heterocycles. The van der Waals surface area contributed by atoms with Crippen molar-refractivity contribution < 1.29 is 19.2 Å². The summed E-state index contributed by atoms with van der Waals surface area (Å²) in [4.78, 5) is 22.5. The molecule has 2 aromatic carbocycles. The summed E-state index contributed by atoms with van der Waals surface area (Å²) in [6.45, 7) is 1.45. The number of hydrogen-bond acceptors (Lipinski definition) is 6. The highest BCUT2D eigenvalue weighted by molar-refractivity contribution is 6.03. The molecule has 0 spiro atoms. The average molecular weight is 369 g/mol. The van der Waals surface area contributed by atoms with E-state index in [4.69, 9.17) is 9.47 Å². The van der Waals surface area contributed by atoms with Gasteiger partial charge >= 0.3 is 0 Å². The van der Waals surface area contributed by atoms with Crippen molar-refractivity contribution in [3.8, 4) is 11.5 Å². The number of carbonyl (C=O) groups excluding carboxylic acids is 1. The first-order chi connectivity index (χ1) is 12.9. The van der Waals surface area contributed by atoms with E-state index in [0.29, 0.717) is 23.6 Å². The maximum Gasteiger partial charge on any atom is 0.269 e. The van der Waals surface area contributed by atoms with Crippen LogP contribution in [0.15, 0.2) is 47.6 Å². The zero-order valence-corrected chi connectivity index (χ0v) is 15.2. The van der Waals surface area contributed by atoms with Crippen LogP contribution in [0.3, 0.4) is 0 Å². The summed E-state index contributed by atoms with van der Waals surface area (Å²) in [5, 5.41) is 16.7. The minimum Gasteiger partial charge on any atom is -0.493 e. The number of nitrogens with zero attached hydrogens (tertiary/aromatic N) is 3. The summed E-state index contributed by atoms with van der Waals surface area (Å²) in [7, 11) is 3.11. The van der Waals surface area contributed by atoms with E-state index in [0.717, 1.165) is 11.1 Å². The fourth-order valence-electron chi connectivity index (χ4n) is 3.07. The van der Waals surface area contributed by atoms with Crippen LogP contribution in [0.25, 0.3) is 0 Å². The molecule has 0 N–H and O–H groups in total. The SMILES string of the molecule is COc1ccc(C2CC(c3ccc([N+](=O)[O-])cc3)=NN2C(C)=O)cc1OC. The van der Waals surface area contributed by atoms with Gasteiger partial charge in [-0.2, -0.15) is 5.10 Å². The molecule has 0 radical (unpaired) electrons. The summed E-state index contributed by atoms with van der Waals surface area (Å²) >= 11 is 0. The van der Waals surface area contributed by atoms with Gasteiger partial charge in [0, 0.05) is 25.5 Å². The smallest absolute Gasteiger partial charge is 0.269 e. The molecule has 0 saturated carbocycles. The Kier molecular flexibility index (Phi) is 5.07. The number of hydrazone groups is 1. The molecule has 0 bridgehead atoms. The number of carbonyl (C=O) groups is 1. The quantitative estimate of drug-likeness (QED) is 0.595. The second-order valence-corrected chi connectivity index (χ2v) is 6.05. The highest BCUT2D eigenvalue weighted by Gasteiger charge is 2.32. The molecule has 0 aliphatic carbocycles. The number of nitro benzene ring substituents is 1. The Hall–Kier alpha value is -3.42. The number of benzene rings is 2. The molecule has 1 atom stereocenters. The zero-order chi connectivity index (χ0) is 19.6. The van der Waals surface area contributed by atoms with Crippen molar-refractivity contribution in [2.24, 2.45) is 5.10 Å². The van der Waals surface area contributed by atoms with Gasteiger partial charge in [-0.25, -0.2) is 5.01 Å². The predicted octanol–water partition coefficient (Wildman–Crippen LogP) is 3.31. The summed E-state index contributed by atoms with van der Waals surface area (Å²) in [5.41, 5.74) is 2.32. The zero-order valence-electron chi connectivity index (χ0n) is 15.2. The third-order valence-corrected chi connectivity index (χ3v) is 4.44. The Labute approximate surface area is 156 Å². The number of nitro groups is 1. The van der Waals surface area contributed by atoms with Gasteiger partial charge in [-0.15, -0.1) is 0 Å². The van der Waals surface area contributed by atoms with Crippen LogP contribution in [-0.4, -0.2) is 35.8 Å². The molecule has 3 rings (SSSR count). The molecule has 0 fully saturated rings. The van der Waals surface area contributed by atoms with Crippen LogP contribution in [0.4, 0.5) is 5.69 Å². The van der Waals surface area contributed by atoms with Gasteiger partial charge in [0.15, 0.2) is 11.5 Å². The lowest BCUT2D eigenvalue weighted by Crippen LogP contribution is -2.24. The lowest BCUT2D eigenvalue weighted by atomic mass is 9.98. The van der Waals surface area contributed by atoms with Gasteiger partial charge in [-0.3, -0.25) is 14.9 Å². The third kappa shape index (κ3) is 3.59. The Morgan fingerprint density at radius 1 is 1.15 bits per heavy atom. The summed E-state index contributed by atoms with van der Waals surface area (Å²) in [6, 6.07) is 11.4. The van der Waals surface area contributed by atoms with Gasteiger partial charge in [0.1, 0.15) is 0 Å². The first kappa shape index (κ1) is 18.4. The predicted molar refractivity (Wildman–Crippen MR) is 99.1 cm³/mol. The molecule has 1 aliphatic rings. The van der Waals surface area contributed by atoms with Gasteiger partial charge in [-0.05, 0) is 35.4 Å². The third-order valence-electron chi connectivity index (χ3n) is 4.44. The van der Waals surface area contributed by atoms with Crippen molar-refractivity contribution >= 4 is 17.3 Å². The molecule has 1 heterocycles. The molecule has 140 valence electrons. The number of hydrogen-bond donors (Lipinski definition) is 0. The van der Waals surface area contributed by atoms with Crippen molar-refractivity contribution in [1.29, 1.82) is 0 Å². The number of rotatable bonds is 5. The molecule has 2 aromatic rings. The first-order valence-electron chi connectivity index (χ1n) is 8.28. The van der Waals surface area contributed by atoms with E-state index in [9.17, 15) is 14.9 Å². The normalized spacial score (nSPS) is 16.0. The molecule has 1 amide bonds. The maximum atomic E-state index is 12.1. The van der Waals surface area contributed by atoms with Crippen LogP contribution in [0.2, 0.25) is 0 Å². The number of non-ortho nitro benzene ring substituents is 1. The second kappa shape index (κ2) is 7.45. The van der Waals surface area contributed by atoms with Gasteiger partial charge in [-0.1, -0.05) is 6.07 Å². The molecular formula is C19H19N3O5. The monoisotopic (exact) mass is 369 g/mol. The fraction of sp³-hybridized carbons (Fsp3) is 0.263. The number of methoxy groups -OCH3 is 2. The Bertz CT molecular complexity index is 908. The van der Waals surface area contributed by atoms with Gasteiger partial charge in [0.2, 0.25) is 5.91 Å². The van der Waals surface area contributed by atoms with Crippen molar-refractivity contribution in [1.82, 2.24) is 5.01 Å². The van der Waals surface area contributed by atoms with Crippen LogP contribution in [0, 0.1) is 10.1 Å². The molecular weight excluding hydrogens is 350 g/mol. The van der Waals surface area contributed by atoms with E-state index in [1.165, 1.54) is 24.1 Å². The van der Waals surface area contributed by atoms with Crippen LogP contribution in [0.1, 0.15) is 30.5 Å². The van der Waals surface area contributed by atoms with Gasteiger partial charge in [0.25, 0.3) is 5.69 Å². The molecule has 8 heteroatoms. The lowest BCUT2D eigenvalue weighted by molar-refractivity contribution is -0.384. The van der Waals surface area contributed by atoms with Crippen LogP contribution in [0.5, 0.6) is 11.5 Å². The largest absolute Gasteiger partial charge is 0.493 e. The topological polar surface area (TPSA) is 94.3 Å². The average Bonchev–Trinajstić information content (AvgIpc) is 3.13. The van der Waals surface area contributed by atoms with Crippen LogP contribution < -0.4 is 9.47 Å². The number of amides is 1. The standard InChI is InChI=1S/C19H19N3O5/c1-12(23)21-17(14-6-9-18(26-2)19(10-14)27-3)11-16(20-21)13-4-7-15(8-5-13)22(24)25/h4-10,17H,11H2,1-3H3. The lowest BCUT2D eigenvalue weighted by Gasteiger charge is -2.21. The van der Waals surface area contributed by atoms with Crippen molar-refractivity contribution in [2.45, 2.75) is 19.4 Å². The first-order valence-corrected chi connectivity index (χ1v) is 8.28. The van der Waals surface area contributed by atoms with Crippen molar-refractivity contribution in [3.63, 3.8) is 0 Å². The highest BCUT2D eigenvalue weighted by Crippen LogP contribution is 2.37. The Morgan fingerprint density at radius 2 is 1.81 bits per heavy atom. The second-order valence-electron chi connectivity index (χ2n) is 6.05. The van der Waals surface area contributed by atoms with E-state index in [1.54, 1.807) is 32.4 Å². The van der Waals surface area contributed by atoms with Gasteiger partial charge < -0.3 is 9.47 Å². The minimum atomic E-state index is -0.450. The van der Waals surface area contributed by atoms with E-state index < -0.39 is 4.92 Å². The van der Waals surface area contributed by atoms with Gasteiger partial charge in [0.05, 0.1) is 30.9 Å². The molecule has 0 saturated heterocycles. The van der Waals surface area contributed by atoms with Crippen LogP contribution >= 0.6 is 0 Å². The van der Waals surface area contributed by atoms with Crippen molar-refractivity contribution in [3.05, 3.63) is 63.7 Å². The fourth-order valence-corrected chi connectivity index (χ4v) is 3.07. The summed E-state index contributed by atoms with van der Waals surface area (Å²) in [6.07, 6.45) is 0.493. The molecule has 0 aromatic heterocycles. The summed E-state index contributed by atoms with van der Waals surface area (Å²) < 4.78 is 10.6. The summed E-state index contributed by atoms with van der Waals surface area (Å²) in [5.74, 6) is 0.985. The molecule has 1 unspecified atom stereocenters. The van der Waals surface area contributed by atoms with E-state index in [1.807, 2.05) is 12.1 Å².